The minimum atomic E-state index is -1.12. The molecule has 0 heterocycles. The molecule has 1 atom stereocenters. The molecule has 0 radical (unpaired) electrons. The first-order valence-electron chi connectivity index (χ1n) is 8.15. The van der Waals surface area contributed by atoms with Crippen molar-refractivity contribution < 1.29 is 23.9 Å². The van der Waals surface area contributed by atoms with Crippen LogP contribution in [0.3, 0.4) is 0 Å². The van der Waals surface area contributed by atoms with E-state index in [4.69, 9.17) is 15.2 Å². The molecule has 0 aliphatic rings. The summed E-state index contributed by atoms with van der Waals surface area (Å²) in [5.41, 5.74) is 6.90. The predicted octanol–water partition coefficient (Wildman–Crippen LogP) is 2.26. The number of esters is 1. The van der Waals surface area contributed by atoms with Gasteiger partial charge in [0.2, 0.25) is 0 Å². The number of hydrogen-bond donors (Lipinski definition) is 2. The van der Waals surface area contributed by atoms with E-state index in [1.165, 1.54) is 0 Å². The zero-order valence-corrected chi connectivity index (χ0v) is 15.3. The number of imide groups is 1. The van der Waals surface area contributed by atoms with Gasteiger partial charge in [0.1, 0.15) is 5.75 Å². The lowest BCUT2D eigenvalue weighted by molar-refractivity contribution is -0.160. The number of carbonyl (C=O) groups excluding carboxylic acids is 3. The van der Waals surface area contributed by atoms with E-state index in [0.29, 0.717) is 5.75 Å². The Hall–Kier alpha value is -2.57. The molecule has 3 amide bonds. The highest BCUT2D eigenvalue weighted by atomic mass is 16.6. The van der Waals surface area contributed by atoms with E-state index in [2.05, 4.69) is 0 Å². The number of carbonyl (C=O) groups is 3. The Morgan fingerprint density at radius 3 is 2.32 bits per heavy atom. The molecule has 0 saturated carbocycles. The molecule has 0 spiro atoms. The summed E-state index contributed by atoms with van der Waals surface area (Å²) in [6.45, 7) is 9.03. The van der Waals surface area contributed by atoms with Crippen molar-refractivity contribution in [2.24, 2.45) is 11.7 Å². The van der Waals surface area contributed by atoms with Gasteiger partial charge in [-0.05, 0) is 36.0 Å². The Morgan fingerprint density at radius 1 is 1.16 bits per heavy atom. The van der Waals surface area contributed by atoms with Crippen LogP contribution in [0.15, 0.2) is 18.2 Å². The maximum absolute atomic E-state index is 12.0. The van der Waals surface area contributed by atoms with Crippen molar-refractivity contribution in [3.05, 3.63) is 29.3 Å². The first-order valence-corrected chi connectivity index (χ1v) is 8.15. The van der Waals surface area contributed by atoms with Crippen LogP contribution in [-0.4, -0.2) is 30.6 Å². The van der Waals surface area contributed by atoms with E-state index in [-0.39, 0.29) is 18.4 Å². The van der Waals surface area contributed by atoms with Gasteiger partial charge in [0.15, 0.2) is 12.7 Å². The largest absolute Gasteiger partial charge is 0.482 e. The Bertz CT molecular complexity index is 640. The number of nitrogens with one attached hydrogen (secondary N) is 1. The van der Waals surface area contributed by atoms with Gasteiger partial charge < -0.3 is 15.2 Å². The Morgan fingerprint density at radius 2 is 1.80 bits per heavy atom. The van der Waals surface area contributed by atoms with Crippen LogP contribution in [0.4, 0.5) is 4.79 Å². The summed E-state index contributed by atoms with van der Waals surface area (Å²) in [6, 6.07) is 4.79. The van der Waals surface area contributed by atoms with E-state index in [1.54, 1.807) is 13.8 Å². The third kappa shape index (κ3) is 6.45. The standard InChI is InChI=1S/C18H26N2O5/c1-10(2)13-7-6-12(5)8-14(13)24-9-15(21)25-16(11(3)4)17(22)20-18(19)23/h6-8,10-11,16H,9H2,1-5H3,(H3,19,20,22,23). The number of rotatable bonds is 7. The number of urea groups is 1. The molecule has 7 nitrogen and oxygen atoms in total. The number of nitrogens with two attached hydrogens (primary N) is 1. The average molecular weight is 350 g/mol. The maximum atomic E-state index is 12.0. The van der Waals surface area contributed by atoms with Crippen molar-refractivity contribution in [1.29, 1.82) is 0 Å². The lowest BCUT2D eigenvalue weighted by Crippen LogP contribution is -2.46. The zero-order chi connectivity index (χ0) is 19.1. The van der Waals surface area contributed by atoms with Gasteiger partial charge >= 0.3 is 12.0 Å². The minimum Gasteiger partial charge on any atom is -0.482 e. The van der Waals surface area contributed by atoms with Gasteiger partial charge in [0.05, 0.1) is 0 Å². The van der Waals surface area contributed by atoms with Crippen molar-refractivity contribution in [2.45, 2.75) is 46.6 Å². The summed E-state index contributed by atoms with van der Waals surface area (Å²) in [4.78, 5) is 34.7. The van der Waals surface area contributed by atoms with E-state index in [9.17, 15) is 14.4 Å². The average Bonchev–Trinajstić information content (AvgIpc) is 2.49. The van der Waals surface area contributed by atoms with Crippen molar-refractivity contribution in [3.8, 4) is 5.75 Å². The third-order valence-electron chi connectivity index (χ3n) is 3.51. The highest BCUT2D eigenvalue weighted by Crippen LogP contribution is 2.27. The summed E-state index contributed by atoms with van der Waals surface area (Å²) in [6.07, 6.45) is -1.12. The number of benzene rings is 1. The molecule has 0 aliphatic carbocycles. The molecule has 1 aromatic rings. The molecule has 0 fully saturated rings. The molecule has 1 rings (SSSR count). The molecule has 0 saturated heterocycles. The van der Waals surface area contributed by atoms with Gasteiger partial charge in [-0.25, -0.2) is 9.59 Å². The van der Waals surface area contributed by atoms with E-state index >= 15 is 0 Å². The normalized spacial score (nSPS) is 12.0. The summed E-state index contributed by atoms with van der Waals surface area (Å²) >= 11 is 0. The first-order chi connectivity index (χ1) is 11.6. The lowest BCUT2D eigenvalue weighted by atomic mass is 10.0. The quantitative estimate of drug-likeness (QED) is 0.733. The monoisotopic (exact) mass is 350 g/mol. The summed E-state index contributed by atoms with van der Waals surface area (Å²) in [7, 11) is 0. The van der Waals surface area contributed by atoms with E-state index < -0.39 is 24.0 Å². The summed E-state index contributed by atoms with van der Waals surface area (Å²) in [5, 5.41) is 1.92. The number of amides is 3. The highest BCUT2D eigenvalue weighted by Gasteiger charge is 2.27. The molecule has 1 aromatic carbocycles. The van der Waals surface area contributed by atoms with Crippen LogP contribution >= 0.6 is 0 Å². The van der Waals surface area contributed by atoms with Crippen LogP contribution in [0.25, 0.3) is 0 Å². The second kappa shape index (κ2) is 9.05. The molecular weight excluding hydrogens is 324 g/mol. The number of primary amides is 1. The van der Waals surface area contributed by atoms with Crippen molar-refractivity contribution in [3.63, 3.8) is 0 Å². The highest BCUT2D eigenvalue weighted by molar-refractivity contribution is 5.96. The number of aryl methyl sites for hydroxylation is 1. The molecular formula is C18H26N2O5. The molecule has 1 unspecified atom stereocenters. The minimum absolute atomic E-state index is 0.233. The van der Waals surface area contributed by atoms with Crippen LogP contribution in [-0.2, 0) is 14.3 Å². The number of hydrogen-bond acceptors (Lipinski definition) is 5. The van der Waals surface area contributed by atoms with Crippen molar-refractivity contribution >= 4 is 17.9 Å². The van der Waals surface area contributed by atoms with Crippen LogP contribution in [0, 0.1) is 12.8 Å². The molecule has 25 heavy (non-hydrogen) atoms. The molecule has 0 bridgehead atoms. The van der Waals surface area contributed by atoms with Crippen LogP contribution in [0.5, 0.6) is 5.75 Å². The summed E-state index contributed by atoms with van der Waals surface area (Å²) in [5.74, 6) is -0.941. The third-order valence-corrected chi connectivity index (χ3v) is 3.51. The molecule has 138 valence electrons. The predicted molar refractivity (Wildman–Crippen MR) is 93.2 cm³/mol. The first kappa shape index (κ1) is 20.5. The number of ether oxygens (including phenoxy) is 2. The molecule has 7 heteroatoms. The maximum Gasteiger partial charge on any atom is 0.344 e. The van der Waals surface area contributed by atoms with Crippen LogP contribution < -0.4 is 15.8 Å². The van der Waals surface area contributed by atoms with Gasteiger partial charge in [0, 0.05) is 0 Å². The lowest BCUT2D eigenvalue weighted by Gasteiger charge is -2.20. The molecule has 0 aromatic heterocycles. The second-order valence-electron chi connectivity index (χ2n) is 6.49. The SMILES string of the molecule is Cc1ccc(C(C)C)c(OCC(=O)OC(C(=O)NC(N)=O)C(C)C)c1. The molecule has 3 N–H and O–H groups in total. The van der Waals surface area contributed by atoms with Crippen LogP contribution in [0.1, 0.15) is 44.7 Å². The van der Waals surface area contributed by atoms with E-state index in [1.807, 2.05) is 44.3 Å². The Labute approximate surface area is 147 Å². The second-order valence-corrected chi connectivity index (χ2v) is 6.49. The fourth-order valence-electron chi connectivity index (χ4n) is 2.24. The zero-order valence-electron chi connectivity index (χ0n) is 15.3. The topological polar surface area (TPSA) is 108 Å². The van der Waals surface area contributed by atoms with Gasteiger partial charge in [-0.2, -0.15) is 0 Å². The van der Waals surface area contributed by atoms with Crippen molar-refractivity contribution in [2.75, 3.05) is 6.61 Å². The fraction of sp³-hybridized carbons (Fsp3) is 0.500. The van der Waals surface area contributed by atoms with Crippen LogP contribution in [0.2, 0.25) is 0 Å². The fourth-order valence-corrected chi connectivity index (χ4v) is 2.24. The Kier molecular flexibility index (Phi) is 7.42. The van der Waals surface area contributed by atoms with Gasteiger partial charge in [0.25, 0.3) is 5.91 Å². The van der Waals surface area contributed by atoms with Gasteiger partial charge in [-0.1, -0.05) is 39.8 Å². The van der Waals surface area contributed by atoms with Gasteiger partial charge in [-0.3, -0.25) is 10.1 Å². The van der Waals surface area contributed by atoms with E-state index in [0.717, 1.165) is 11.1 Å². The summed E-state index contributed by atoms with van der Waals surface area (Å²) < 4.78 is 10.7. The van der Waals surface area contributed by atoms with Crippen molar-refractivity contribution in [1.82, 2.24) is 5.32 Å². The Balaban J connectivity index is 2.74. The molecule has 0 aliphatic heterocycles. The van der Waals surface area contributed by atoms with Gasteiger partial charge in [-0.15, -0.1) is 0 Å². The smallest absolute Gasteiger partial charge is 0.344 e.